The maximum atomic E-state index is 11.9. The van der Waals surface area contributed by atoms with Crippen molar-refractivity contribution in [2.24, 2.45) is 7.05 Å². The number of carbonyl (C=O) groups is 2. The van der Waals surface area contributed by atoms with Gasteiger partial charge in [-0.2, -0.15) is 0 Å². The van der Waals surface area contributed by atoms with E-state index in [0.29, 0.717) is 5.56 Å². The number of nitrogens with one attached hydrogen (secondary N) is 1. The summed E-state index contributed by atoms with van der Waals surface area (Å²) < 4.78 is 1.91. The molecule has 0 aliphatic carbocycles. The van der Waals surface area contributed by atoms with Crippen molar-refractivity contribution in [3.63, 3.8) is 0 Å². The molecule has 1 aromatic carbocycles. The fraction of sp³-hybridized carbons (Fsp3) is 0.231. The number of fused-ring (bicyclic) bond motifs is 1. The van der Waals surface area contributed by atoms with Crippen LogP contribution in [0.25, 0.3) is 10.9 Å². The van der Waals surface area contributed by atoms with Gasteiger partial charge in [-0.15, -0.1) is 0 Å². The van der Waals surface area contributed by atoms with Crippen LogP contribution in [0.5, 0.6) is 0 Å². The fourth-order valence-electron chi connectivity index (χ4n) is 1.75. The number of aryl methyl sites for hydroxylation is 1. The van der Waals surface area contributed by atoms with Crippen LogP contribution in [0, 0.1) is 0 Å². The van der Waals surface area contributed by atoms with E-state index in [1.807, 2.05) is 29.9 Å². The Labute approximate surface area is 104 Å². The number of nitrogens with zero attached hydrogens (tertiary/aromatic N) is 1. The monoisotopic (exact) mass is 246 g/mol. The van der Waals surface area contributed by atoms with Gasteiger partial charge in [0.15, 0.2) is 0 Å². The highest BCUT2D eigenvalue weighted by Crippen LogP contribution is 2.16. The summed E-state index contributed by atoms with van der Waals surface area (Å²) >= 11 is 0. The second kappa shape index (κ2) is 4.52. The maximum absolute atomic E-state index is 11.9. The minimum absolute atomic E-state index is 0.381. The van der Waals surface area contributed by atoms with E-state index in [9.17, 15) is 9.59 Å². The van der Waals surface area contributed by atoms with E-state index in [4.69, 9.17) is 5.11 Å². The van der Waals surface area contributed by atoms with E-state index >= 15 is 0 Å². The minimum Gasteiger partial charge on any atom is -0.480 e. The first kappa shape index (κ1) is 12.2. The average Bonchev–Trinajstić information content (AvgIpc) is 2.70. The van der Waals surface area contributed by atoms with Gasteiger partial charge in [0.05, 0.1) is 0 Å². The van der Waals surface area contributed by atoms with Gasteiger partial charge in [-0.05, 0) is 30.5 Å². The van der Waals surface area contributed by atoms with Gasteiger partial charge < -0.3 is 15.0 Å². The highest BCUT2D eigenvalue weighted by atomic mass is 16.4. The zero-order valence-corrected chi connectivity index (χ0v) is 10.2. The molecular weight excluding hydrogens is 232 g/mol. The summed E-state index contributed by atoms with van der Waals surface area (Å²) in [6, 6.07) is 6.33. The number of amides is 1. The second-order valence-corrected chi connectivity index (χ2v) is 4.23. The van der Waals surface area contributed by atoms with Crippen molar-refractivity contribution in [1.29, 1.82) is 0 Å². The summed E-state index contributed by atoms with van der Waals surface area (Å²) in [6.07, 6.45) is 1.91. The number of benzene rings is 1. The Bertz CT molecular complexity index is 616. The summed E-state index contributed by atoms with van der Waals surface area (Å²) in [7, 11) is 1.89. The predicted octanol–water partition coefficient (Wildman–Crippen LogP) is 1.38. The van der Waals surface area contributed by atoms with Crippen LogP contribution >= 0.6 is 0 Å². The van der Waals surface area contributed by atoms with Gasteiger partial charge >= 0.3 is 5.97 Å². The van der Waals surface area contributed by atoms with Crippen LogP contribution in [0.1, 0.15) is 17.3 Å². The third-order valence-corrected chi connectivity index (χ3v) is 2.87. The predicted molar refractivity (Wildman–Crippen MR) is 67.5 cm³/mol. The van der Waals surface area contributed by atoms with Crippen LogP contribution in [-0.4, -0.2) is 27.6 Å². The highest BCUT2D eigenvalue weighted by molar-refractivity contribution is 5.99. The number of carboxylic acids is 1. The lowest BCUT2D eigenvalue weighted by atomic mass is 10.1. The van der Waals surface area contributed by atoms with Crippen molar-refractivity contribution in [2.45, 2.75) is 13.0 Å². The highest BCUT2D eigenvalue weighted by Gasteiger charge is 2.15. The molecule has 5 heteroatoms. The zero-order valence-electron chi connectivity index (χ0n) is 10.2. The van der Waals surface area contributed by atoms with E-state index < -0.39 is 12.0 Å². The summed E-state index contributed by atoms with van der Waals surface area (Å²) in [4.78, 5) is 22.5. The summed E-state index contributed by atoms with van der Waals surface area (Å²) in [5.74, 6) is -1.43. The molecule has 1 amide bonds. The molecule has 1 unspecified atom stereocenters. The Hall–Kier alpha value is -2.30. The Morgan fingerprint density at radius 1 is 1.33 bits per heavy atom. The third-order valence-electron chi connectivity index (χ3n) is 2.87. The van der Waals surface area contributed by atoms with E-state index in [-0.39, 0.29) is 5.91 Å². The van der Waals surface area contributed by atoms with Crippen LogP contribution in [0.2, 0.25) is 0 Å². The quantitative estimate of drug-likeness (QED) is 0.859. The summed E-state index contributed by atoms with van der Waals surface area (Å²) in [5.41, 5.74) is 1.39. The normalized spacial score (nSPS) is 12.3. The van der Waals surface area contributed by atoms with Crippen molar-refractivity contribution in [2.75, 3.05) is 0 Å². The molecule has 1 aromatic heterocycles. The van der Waals surface area contributed by atoms with Gasteiger partial charge in [0.2, 0.25) is 0 Å². The number of aliphatic carboxylic acids is 1. The molecule has 0 radical (unpaired) electrons. The van der Waals surface area contributed by atoms with E-state index in [1.54, 1.807) is 12.1 Å². The average molecular weight is 246 g/mol. The number of carbonyl (C=O) groups excluding carboxylic acids is 1. The van der Waals surface area contributed by atoms with E-state index in [1.165, 1.54) is 6.92 Å². The lowest BCUT2D eigenvalue weighted by molar-refractivity contribution is -0.138. The Morgan fingerprint density at radius 2 is 2.06 bits per heavy atom. The van der Waals surface area contributed by atoms with Crippen molar-refractivity contribution in [3.8, 4) is 0 Å². The Morgan fingerprint density at radius 3 is 2.72 bits per heavy atom. The van der Waals surface area contributed by atoms with Crippen LogP contribution in [0.4, 0.5) is 0 Å². The first-order valence-electron chi connectivity index (χ1n) is 5.58. The van der Waals surface area contributed by atoms with Gasteiger partial charge in [-0.1, -0.05) is 6.07 Å². The van der Waals surface area contributed by atoms with Crippen LogP contribution in [-0.2, 0) is 11.8 Å². The molecule has 5 nitrogen and oxygen atoms in total. The summed E-state index contributed by atoms with van der Waals surface area (Å²) in [5, 5.41) is 12.2. The number of aromatic nitrogens is 1. The number of rotatable bonds is 3. The maximum Gasteiger partial charge on any atom is 0.325 e. The molecule has 18 heavy (non-hydrogen) atoms. The molecule has 0 fully saturated rings. The van der Waals surface area contributed by atoms with Gasteiger partial charge in [0, 0.05) is 24.3 Å². The van der Waals surface area contributed by atoms with Crippen molar-refractivity contribution in [1.82, 2.24) is 9.88 Å². The Kier molecular flexibility index (Phi) is 3.06. The Balaban J connectivity index is 2.27. The molecule has 0 aliphatic heterocycles. The van der Waals surface area contributed by atoms with Crippen LogP contribution < -0.4 is 5.32 Å². The fourth-order valence-corrected chi connectivity index (χ4v) is 1.75. The second-order valence-electron chi connectivity index (χ2n) is 4.23. The van der Waals surface area contributed by atoms with Crippen molar-refractivity contribution >= 4 is 22.8 Å². The van der Waals surface area contributed by atoms with E-state index in [2.05, 4.69) is 5.32 Å². The van der Waals surface area contributed by atoms with Crippen molar-refractivity contribution < 1.29 is 14.7 Å². The largest absolute Gasteiger partial charge is 0.480 e. The molecule has 0 spiro atoms. The van der Waals surface area contributed by atoms with Crippen LogP contribution in [0.3, 0.4) is 0 Å². The van der Waals surface area contributed by atoms with Gasteiger partial charge in [0.1, 0.15) is 6.04 Å². The van der Waals surface area contributed by atoms with Gasteiger partial charge in [-0.25, -0.2) is 0 Å². The van der Waals surface area contributed by atoms with Crippen LogP contribution in [0.15, 0.2) is 30.5 Å². The molecule has 1 heterocycles. The molecule has 2 rings (SSSR count). The molecular formula is C13H14N2O3. The third kappa shape index (κ3) is 2.20. The van der Waals surface area contributed by atoms with Gasteiger partial charge in [0.25, 0.3) is 5.91 Å². The smallest absolute Gasteiger partial charge is 0.325 e. The molecule has 2 aromatic rings. The number of hydrogen-bond acceptors (Lipinski definition) is 2. The van der Waals surface area contributed by atoms with Crippen molar-refractivity contribution in [3.05, 3.63) is 36.0 Å². The minimum atomic E-state index is -1.05. The zero-order chi connectivity index (χ0) is 13.3. The van der Waals surface area contributed by atoms with Gasteiger partial charge in [-0.3, -0.25) is 9.59 Å². The number of hydrogen-bond donors (Lipinski definition) is 2. The first-order chi connectivity index (χ1) is 8.49. The molecule has 0 saturated heterocycles. The first-order valence-corrected chi connectivity index (χ1v) is 5.58. The molecule has 2 N–H and O–H groups in total. The SMILES string of the molecule is CC(NC(=O)c1ccc2ccn(C)c2c1)C(=O)O. The van der Waals surface area contributed by atoms with E-state index in [0.717, 1.165) is 10.9 Å². The molecule has 0 bridgehead atoms. The topological polar surface area (TPSA) is 71.3 Å². The lowest BCUT2D eigenvalue weighted by Crippen LogP contribution is -2.38. The number of carboxylic acid groups (broad SMARTS) is 1. The standard InChI is InChI=1S/C13H14N2O3/c1-8(13(17)18)14-12(16)10-4-3-9-5-6-15(2)11(9)7-10/h3-8H,1-2H3,(H,14,16)(H,17,18). The summed E-state index contributed by atoms with van der Waals surface area (Å²) in [6.45, 7) is 1.43. The molecule has 94 valence electrons. The molecule has 0 saturated carbocycles. The lowest BCUT2D eigenvalue weighted by Gasteiger charge is -2.09. The molecule has 1 atom stereocenters. The molecule has 0 aliphatic rings.